The highest BCUT2D eigenvalue weighted by molar-refractivity contribution is 7.99. The molecule has 1 aromatic heterocycles. The molecule has 0 fully saturated rings. The maximum Gasteiger partial charge on any atom is 0.191 e. The van der Waals surface area contributed by atoms with Gasteiger partial charge >= 0.3 is 0 Å². The molecule has 0 saturated carbocycles. The van der Waals surface area contributed by atoms with Crippen molar-refractivity contribution in [3.63, 3.8) is 0 Å². The van der Waals surface area contributed by atoms with Crippen LogP contribution in [-0.4, -0.2) is 33.6 Å². The molecule has 1 N–H and O–H groups in total. The van der Waals surface area contributed by atoms with E-state index in [9.17, 15) is 0 Å². The molecule has 90 valence electrons. The SMILES string of the molecule is CCNCCSc1nnc2n1CCCCC2. The van der Waals surface area contributed by atoms with Crippen LogP contribution in [-0.2, 0) is 13.0 Å². The van der Waals surface area contributed by atoms with Gasteiger partial charge in [-0.25, -0.2) is 0 Å². The highest BCUT2D eigenvalue weighted by Gasteiger charge is 2.14. The molecule has 1 aromatic rings. The summed E-state index contributed by atoms with van der Waals surface area (Å²) in [5.74, 6) is 2.26. The topological polar surface area (TPSA) is 42.7 Å². The van der Waals surface area contributed by atoms with E-state index in [1.807, 2.05) is 11.8 Å². The molecule has 16 heavy (non-hydrogen) atoms. The molecule has 0 spiro atoms. The third-order valence-electron chi connectivity index (χ3n) is 2.84. The molecule has 2 heterocycles. The fraction of sp³-hybridized carbons (Fsp3) is 0.818. The normalized spacial score (nSPS) is 15.8. The van der Waals surface area contributed by atoms with Gasteiger partial charge in [-0.05, 0) is 19.4 Å². The van der Waals surface area contributed by atoms with Crippen molar-refractivity contribution in [2.45, 2.75) is 44.3 Å². The maximum absolute atomic E-state index is 4.29. The van der Waals surface area contributed by atoms with E-state index in [-0.39, 0.29) is 0 Å². The molecule has 1 aliphatic rings. The molecular weight excluding hydrogens is 220 g/mol. The van der Waals surface area contributed by atoms with Crippen molar-refractivity contribution < 1.29 is 0 Å². The average molecular weight is 240 g/mol. The second kappa shape index (κ2) is 6.25. The Bertz CT molecular complexity index is 324. The highest BCUT2D eigenvalue weighted by Crippen LogP contribution is 2.21. The first kappa shape index (κ1) is 11.9. The van der Waals surface area contributed by atoms with Gasteiger partial charge in [0.05, 0.1) is 0 Å². The summed E-state index contributed by atoms with van der Waals surface area (Å²) in [6, 6.07) is 0. The van der Waals surface area contributed by atoms with E-state index in [1.165, 1.54) is 25.1 Å². The molecule has 0 amide bonds. The van der Waals surface area contributed by atoms with Gasteiger partial charge in [0.15, 0.2) is 5.16 Å². The monoisotopic (exact) mass is 240 g/mol. The van der Waals surface area contributed by atoms with E-state index in [1.54, 1.807) is 0 Å². The van der Waals surface area contributed by atoms with Crippen molar-refractivity contribution in [2.75, 3.05) is 18.8 Å². The lowest BCUT2D eigenvalue weighted by Gasteiger charge is -2.06. The van der Waals surface area contributed by atoms with Crippen LogP contribution in [0.5, 0.6) is 0 Å². The van der Waals surface area contributed by atoms with Gasteiger partial charge in [-0.3, -0.25) is 0 Å². The van der Waals surface area contributed by atoms with Crippen LogP contribution in [0.3, 0.4) is 0 Å². The van der Waals surface area contributed by atoms with Crippen molar-refractivity contribution in [1.29, 1.82) is 0 Å². The van der Waals surface area contributed by atoms with Crippen molar-refractivity contribution in [3.05, 3.63) is 5.82 Å². The minimum atomic E-state index is 1.04. The van der Waals surface area contributed by atoms with Gasteiger partial charge < -0.3 is 9.88 Å². The maximum atomic E-state index is 4.29. The Morgan fingerprint density at radius 3 is 3.12 bits per heavy atom. The van der Waals surface area contributed by atoms with Gasteiger partial charge in [-0.2, -0.15) is 0 Å². The Morgan fingerprint density at radius 1 is 1.31 bits per heavy atom. The number of rotatable bonds is 5. The molecule has 4 nitrogen and oxygen atoms in total. The zero-order chi connectivity index (χ0) is 11.2. The summed E-state index contributed by atoms with van der Waals surface area (Å²) in [6.45, 7) is 5.32. The minimum absolute atomic E-state index is 1.04. The predicted octanol–water partition coefficient (Wildman–Crippen LogP) is 1.71. The third-order valence-corrected chi connectivity index (χ3v) is 3.80. The number of hydrogen-bond donors (Lipinski definition) is 1. The fourth-order valence-electron chi connectivity index (χ4n) is 1.96. The lowest BCUT2D eigenvalue weighted by Crippen LogP contribution is -2.16. The zero-order valence-corrected chi connectivity index (χ0v) is 10.7. The van der Waals surface area contributed by atoms with E-state index in [0.717, 1.165) is 37.0 Å². The van der Waals surface area contributed by atoms with Gasteiger partial charge in [0, 0.05) is 25.3 Å². The van der Waals surface area contributed by atoms with E-state index in [4.69, 9.17) is 0 Å². The van der Waals surface area contributed by atoms with Crippen molar-refractivity contribution in [1.82, 2.24) is 20.1 Å². The van der Waals surface area contributed by atoms with Crippen LogP contribution in [0.15, 0.2) is 5.16 Å². The van der Waals surface area contributed by atoms with Crippen LogP contribution >= 0.6 is 11.8 Å². The summed E-state index contributed by atoms with van der Waals surface area (Å²) >= 11 is 1.82. The third kappa shape index (κ3) is 2.98. The summed E-state index contributed by atoms with van der Waals surface area (Å²) in [5.41, 5.74) is 0. The largest absolute Gasteiger partial charge is 0.316 e. The summed E-state index contributed by atoms with van der Waals surface area (Å²) in [7, 11) is 0. The van der Waals surface area contributed by atoms with Gasteiger partial charge in [-0.15, -0.1) is 10.2 Å². The van der Waals surface area contributed by atoms with E-state index in [2.05, 4.69) is 27.0 Å². The van der Waals surface area contributed by atoms with E-state index < -0.39 is 0 Å². The molecule has 0 unspecified atom stereocenters. The molecule has 0 atom stereocenters. The molecule has 5 heteroatoms. The highest BCUT2D eigenvalue weighted by atomic mass is 32.2. The van der Waals surface area contributed by atoms with E-state index in [0.29, 0.717) is 0 Å². The molecule has 0 saturated heterocycles. The first-order valence-electron chi connectivity index (χ1n) is 6.17. The van der Waals surface area contributed by atoms with Gasteiger partial charge in [-0.1, -0.05) is 25.1 Å². The van der Waals surface area contributed by atoms with Crippen molar-refractivity contribution in [3.8, 4) is 0 Å². The number of aromatic nitrogens is 3. The van der Waals surface area contributed by atoms with Crippen LogP contribution < -0.4 is 5.32 Å². The Hall–Kier alpha value is -0.550. The Kier molecular flexibility index (Phi) is 4.66. The molecular formula is C11H20N4S. The lowest BCUT2D eigenvalue weighted by atomic mass is 10.2. The van der Waals surface area contributed by atoms with Crippen molar-refractivity contribution >= 4 is 11.8 Å². The summed E-state index contributed by atoms with van der Waals surface area (Å²) in [6.07, 6.45) is 4.96. The first-order valence-corrected chi connectivity index (χ1v) is 7.16. The van der Waals surface area contributed by atoms with Crippen LogP contribution in [0.1, 0.15) is 32.0 Å². The van der Waals surface area contributed by atoms with Crippen LogP contribution in [0.2, 0.25) is 0 Å². The van der Waals surface area contributed by atoms with Crippen LogP contribution in [0.25, 0.3) is 0 Å². The molecule has 2 rings (SSSR count). The molecule has 0 aliphatic carbocycles. The van der Waals surface area contributed by atoms with Crippen LogP contribution in [0.4, 0.5) is 0 Å². The number of nitrogens with zero attached hydrogens (tertiary/aromatic N) is 3. The number of thioether (sulfide) groups is 1. The molecule has 0 aromatic carbocycles. The minimum Gasteiger partial charge on any atom is -0.316 e. The molecule has 1 aliphatic heterocycles. The Labute approximate surface area is 101 Å². The summed E-state index contributed by atoms with van der Waals surface area (Å²) in [5, 5.41) is 13.0. The predicted molar refractivity (Wildman–Crippen MR) is 66.8 cm³/mol. The number of fused-ring (bicyclic) bond motifs is 1. The average Bonchev–Trinajstić information content (AvgIpc) is 2.54. The van der Waals surface area contributed by atoms with Crippen LogP contribution in [0, 0.1) is 0 Å². The van der Waals surface area contributed by atoms with E-state index >= 15 is 0 Å². The lowest BCUT2D eigenvalue weighted by molar-refractivity contribution is 0.590. The number of aryl methyl sites for hydroxylation is 1. The number of nitrogens with one attached hydrogen (secondary N) is 1. The van der Waals surface area contributed by atoms with Gasteiger partial charge in [0.1, 0.15) is 5.82 Å². The Morgan fingerprint density at radius 2 is 2.25 bits per heavy atom. The number of hydrogen-bond acceptors (Lipinski definition) is 4. The first-order chi connectivity index (χ1) is 7.92. The molecule has 0 radical (unpaired) electrons. The standard InChI is InChI=1S/C11H20N4S/c1-2-12-7-9-16-11-14-13-10-6-4-3-5-8-15(10)11/h12H,2-9H2,1H3. The van der Waals surface area contributed by atoms with Gasteiger partial charge in [0.2, 0.25) is 0 Å². The van der Waals surface area contributed by atoms with Gasteiger partial charge in [0.25, 0.3) is 0 Å². The quantitative estimate of drug-likeness (QED) is 0.628. The zero-order valence-electron chi connectivity index (χ0n) is 9.91. The van der Waals surface area contributed by atoms with Crippen molar-refractivity contribution in [2.24, 2.45) is 0 Å². The summed E-state index contributed by atoms with van der Waals surface area (Å²) < 4.78 is 2.31. The Balaban J connectivity index is 1.91. The second-order valence-electron chi connectivity index (χ2n) is 4.06. The molecule has 0 bridgehead atoms. The second-order valence-corrected chi connectivity index (χ2v) is 5.13. The smallest absolute Gasteiger partial charge is 0.191 e. The summed E-state index contributed by atoms with van der Waals surface area (Å²) in [4.78, 5) is 0. The fourth-order valence-corrected chi connectivity index (χ4v) is 2.84.